The lowest BCUT2D eigenvalue weighted by Gasteiger charge is -2.31. The second-order valence-corrected chi connectivity index (χ2v) is 4.93. The number of rotatable bonds is 4. The highest BCUT2D eigenvalue weighted by Gasteiger charge is 2.22. The largest absolute Gasteiger partial charge is 0.444 e. The van der Waals surface area contributed by atoms with Crippen LogP contribution >= 0.6 is 0 Å². The van der Waals surface area contributed by atoms with Gasteiger partial charge in [0.25, 0.3) is 0 Å². The van der Waals surface area contributed by atoms with Crippen LogP contribution in [-0.4, -0.2) is 48.0 Å². The molecule has 2 rings (SSSR count). The third-order valence-corrected chi connectivity index (χ3v) is 3.57. The minimum atomic E-state index is -0.112. The van der Waals surface area contributed by atoms with E-state index in [0.29, 0.717) is 12.4 Å². The number of nitrogens with one attached hydrogen (secondary N) is 2. The number of oxazole rings is 1. The van der Waals surface area contributed by atoms with Crippen molar-refractivity contribution in [1.29, 1.82) is 0 Å². The highest BCUT2D eigenvalue weighted by Crippen LogP contribution is 2.08. The van der Waals surface area contributed by atoms with E-state index in [0.717, 1.165) is 37.6 Å². The van der Waals surface area contributed by atoms with Crippen molar-refractivity contribution in [3.8, 4) is 0 Å². The molecule has 106 valence electrons. The molecule has 0 aromatic carbocycles. The zero-order valence-corrected chi connectivity index (χ0v) is 11.8. The predicted octanol–water partition coefficient (Wildman–Crippen LogP) is 0.201. The Morgan fingerprint density at radius 1 is 1.47 bits per heavy atom. The predicted molar refractivity (Wildman–Crippen MR) is 71.7 cm³/mol. The van der Waals surface area contributed by atoms with Gasteiger partial charge in [-0.25, -0.2) is 4.98 Å². The van der Waals surface area contributed by atoms with Crippen LogP contribution in [0, 0.1) is 13.8 Å². The van der Waals surface area contributed by atoms with Gasteiger partial charge in [-0.15, -0.1) is 0 Å². The molecule has 1 amide bonds. The molecule has 1 aromatic rings. The van der Waals surface area contributed by atoms with Gasteiger partial charge in [0.1, 0.15) is 5.76 Å². The Morgan fingerprint density at radius 3 is 2.74 bits per heavy atom. The summed E-state index contributed by atoms with van der Waals surface area (Å²) in [5, 5.41) is 6.16. The van der Waals surface area contributed by atoms with E-state index >= 15 is 0 Å². The summed E-state index contributed by atoms with van der Waals surface area (Å²) < 4.78 is 5.44. The van der Waals surface area contributed by atoms with E-state index in [2.05, 4.69) is 20.5 Å². The summed E-state index contributed by atoms with van der Waals surface area (Å²) >= 11 is 0. The summed E-state index contributed by atoms with van der Waals surface area (Å²) in [6, 6.07) is -0.112. The van der Waals surface area contributed by atoms with Gasteiger partial charge in [-0.1, -0.05) is 0 Å². The highest BCUT2D eigenvalue weighted by atomic mass is 16.4. The molecule has 1 atom stereocenters. The van der Waals surface area contributed by atoms with Crippen molar-refractivity contribution in [3.63, 3.8) is 0 Å². The molecule has 6 nitrogen and oxygen atoms in total. The van der Waals surface area contributed by atoms with Gasteiger partial charge < -0.3 is 15.1 Å². The van der Waals surface area contributed by atoms with Gasteiger partial charge in [0.15, 0.2) is 0 Å². The topological polar surface area (TPSA) is 70.4 Å². The summed E-state index contributed by atoms with van der Waals surface area (Å²) in [5.41, 5.74) is 0.874. The summed E-state index contributed by atoms with van der Waals surface area (Å²) in [7, 11) is 0. The summed E-state index contributed by atoms with van der Waals surface area (Å²) in [6.45, 7) is 9.75. The van der Waals surface area contributed by atoms with Crippen LogP contribution in [0.1, 0.15) is 24.3 Å². The van der Waals surface area contributed by atoms with Crippen LogP contribution in [0.2, 0.25) is 0 Å². The Balaban J connectivity index is 1.83. The lowest BCUT2D eigenvalue weighted by molar-refractivity contribution is -0.126. The number of piperazine rings is 1. The standard InChI is InChI=1S/C13H22N4O2/c1-9-11(3)19-12(16-9)8-15-13(18)10(2)17-6-4-14-5-7-17/h10,14H,4-8H2,1-3H3,(H,15,18). The van der Waals surface area contributed by atoms with Crippen LogP contribution in [0.25, 0.3) is 0 Å². The summed E-state index contributed by atoms with van der Waals surface area (Å²) in [6.07, 6.45) is 0. The minimum absolute atomic E-state index is 0.0235. The van der Waals surface area contributed by atoms with Gasteiger partial charge in [-0.2, -0.15) is 0 Å². The van der Waals surface area contributed by atoms with E-state index in [9.17, 15) is 4.79 Å². The molecular formula is C13H22N4O2. The molecular weight excluding hydrogens is 244 g/mol. The number of hydrogen-bond acceptors (Lipinski definition) is 5. The molecule has 0 aliphatic carbocycles. The molecule has 1 unspecified atom stereocenters. The lowest BCUT2D eigenvalue weighted by Crippen LogP contribution is -2.52. The number of carbonyl (C=O) groups is 1. The molecule has 0 bridgehead atoms. The first kappa shape index (κ1) is 14.0. The maximum absolute atomic E-state index is 12.1. The number of aryl methyl sites for hydroxylation is 2. The Kier molecular flexibility index (Phi) is 4.55. The average Bonchev–Trinajstić information content (AvgIpc) is 2.75. The van der Waals surface area contributed by atoms with Crippen molar-refractivity contribution in [3.05, 3.63) is 17.3 Å². The number of hydrogen-bond donors (Lipinski definition) is 2. The molecule has 1 saturated heterocycles. The van der Waals surface area contributed by atoms with E-state index in [1.54, 1.807) is 0 Å². The smallest absolute Gasteiger partial charge is 0.237 e. The van der Waals surface area contributed by atoms with E-state index in [1.807, 2.05) is 20.8 Å². The fourth-order valence-electron chi connectivity index (χ4n) is 2.16. The zero-order chi connectivity index (χ0) is 13.8. The molecule has 1 aromatic heterocycles. The van der Waals surface area contributed by atoms with Crippen LogP contribution in [0.3, 0.4) is 0 Å². The second-order valence-electron chi connectivity index (χ2n) is 4.93. The first-order valence-electron chi connectivity index (χ1n) is 6.73. The van der Waals surface area contributed by atoms with Crippen molar-refractivity contribution < 1.29 is 9.21 Å². The van der Waals surface area contributed by atoms with Gasteiger partial charge in [0.2, 0.25) is 11.8 Å². The van der Waals surface area contributed by atoms with E-state index in [1.165, 1.54) is 0 Å². The van der Waals surface area contributed by atoms with Crippen LogP contribution in [-0.2, 0) is 11.3 Å². The van der Waals surface area contributed by atoms with Crippen molar-refractivity contribution >= 4 is 5.91 Å². The van der Waals surface area contributed by atoms with E-state index < -0.39 is 0 Å². The quantitative estimate of drug-likeness (QED) is 0.815. The fourth-order valence-corrected chi connectivity index (χ4v) is 2.16. The van der Waals surface area contributed by atoms with E-state index in [4.69, 9.17) is 4.42 Å². The fraction of sp³-hybridized carbons (Fsp3) is 0.692. The normalized spacial score (nSPS) is 18.3. The Morgan fingerprint density at radius 2 is 2.16 bits per heavy atom. The average molecular weight is 266 g/mol. The lowest BCUT2D eigenvalue weighted by atomic mass is 10.2. The van der Waals surface area contributed by atoms with Gasteiger partial charge in [-0.3, -0.25) is 9.69 Å². The number of amides is 1. The van der Waals surface area contributed by atoms with Gasteiger partial charge in [0, 0.05) is 26.2 Å². The molecule has 6 heteroatoms. The molecule has 0 radical (unpaired) electrons. The molecule has 0 saturated carbocycles. The number of nitrogens with zero attached hydrogens (tertiary/aromatic N) is 2. The van der Waals surface area contributed by atoms with Crippen molar-refractivity contribution in [2.75, 3.05) is 26.2 Å². The number of aromatic nitrogens is 1. The van der Waals surface area contributed by atoms with Crippen LogP contribution in [0.5, 0.6) is 0 Å². The third kappa shape index (κ3) is 3.54. The molecule has 1 aliphatic rings. The SMILES string of the molecule is Cc1nc(CNC(=O)C(C)N2CCNCC2)oc1C. The van der Waals surface area contributed by atoms with Gasteiger partial charge in [0.05, 0.1) is 18.3 Å². The molecule has 0 spiro atoms. The maximum Gasteiger partial charge on any atom is 0.237 e. The molecule has 1 fully saturated rings. The minimum Gasteiger partial charge on any atom is -0.444 e. The van der Waals surface area contributed by atoms with Crippen LogP contribution in [0.15, 0.2) is 4.42 Å². The third-order valence-electron chi connectivity index (χ3n) is 3.57. The molecule has 2 heterocycles. The molecule has 1 aliphatic heterocycles. The number of carbonyl (C=O) groups excluding carboxylic acids is 1. The van der Waals surface area contributed by atoms with Gasteiger partial charge in [-0.05, 0) is 20.8 Å². The van der Waals surface area contributed by atoms with Crippen molar-refractivity contribution in [2.45, 2.75) is 33.4 Å². The van der Waals surface area contributed by atoms with Gasteiger partial charge >= 0.3 is 0 Å². The van der Waals surface area contributed by atoms with Crippen molar-refractivity contribution in [1.82, 2.24) is 20.5 Å². The first-order valence-corrected chi connectivity index (χ1v) is 6.73. The Bertz CT molecular complexity index is 418. The molecule has 19 heavy (non-hydrogen) atoms. The van der Waals surface area contributed by atoms with E-state index in [-0.39, 0.29) is 11.9 Å². The van der Waals surface area contributed by atoms with Crippen molar-refractivity contribution in [2.24, 2.45) is 0 Å². The zero-order valence-electron chi connectivity index (χ0n) is 11.8. The van der Waals surface area contributed by atoms with Crippen LogP contribution < -0.4 is 10.6 Å². The summed E-state index contributed by atoms with van der Waals surface area (Å²) in [5.74, 6) is 1.39. The maximum atomic E-state index is 12.1. The summed E-state index contributed by atoms with van der Waals surface area (Å²) in [4.78, 5) is 18.5. The Hall–Kier alpha value is -1.40. The first-order chi connectivity index (χ1) is 9.08. The highest BCUT2D eigenvalue weighted by molar-refractivity contribution is 5.81. The van der Waals surface area contributed by atoms with Crippen LogP contribution in [0.4, 0.5) is 0 Å². The second kappa shape index (κ2) is 6.16. The molecule has 2 N–H and O–H groups in total. The Labute approximate surface area is 113 Å². The monoisotopic (exact) mass is 266 g/mol.